The molecule has 3 aliphatic rings. The smallest absolute Gasteiger partial charge is 0.335 e. The van der Waals surface area contributed by atoms with E-state index in [0.29, 0.717) is 63.2 Å². The Kier molecular flexibility index (Phi) is 10.2. The molecule has 1 aliphatic carbocycles. The average Bonchev–Trinajstić information content (AvgIpc) is 3.40. The zero-order valence-corrected chi connectivity index (χ0v) is 25.0. The van der Waals surface area contributed by atoms with Crippen LogP contribution in [0.3, 0.4) is 0 Å². The molecule has 2 amide bonds. The zero-order valence-electron chi connectivity index (χ0n) is 24.2. The van der Waals surface area contributed by atoms with Crippen LogP contribution in [-0.2, 0) is 16.1 Å². The summed E-state index contributed by atoms with van der Waals surface area (Å²) in [6.45, 7) is 4.79. The molecule has 0 radical (unpaired) electrons. The molecule has 2 aromatic rings. The molecule has 42 heavy (non-hydrogen) atoms. The Labute approximate surface area is 253 Å². The number of carboxylic acid groups (broad SMARTS) is 1. The molecule has 0 bridgehead atoms. The summed E-state index contributed by atoms with van der Waals surface area (Å²) >= 11 is 0. The normalized spacial score (nSPS) is 21.6. The fraction of sp³-hybridized carbons (Fsp3) is 0.531. The molecule has 2 heterocycles. The number of carbonyl (C=O) groups is 3. The van der Waals surface area contributed by atoms with Crippen LogP contribution in [0.15, 0.2) is 48.5 Å². The summed E-state index contributed by atoms with van der Waals surface area (Å²) in [6, 6.07) is 13.4. The minimum atomic E-state index is -0.975. The van der Waals surface area contributed by atoms with Crippen molar-refractivity contribution in [2.24, 2.45) is 0 Å². The van der Waals surface area contributed by atoms with Crippen LogP contribution >= 0.6 is 12.4 Å². The number of unbranched alkanes of at least 4 members (excludes halogenated alkanes) is 1. The number of benzene rings is 2. The molecule has 1 atom stereocenters. The number of hydrogen-bond donors (Lipinski definition) is 3. The van der Waals surface area contributed by atoms with Gasteiger partial charge in [-0.1, -0.05) is 38.3 Å². The minimum Gasteiger partial charge on any atom is -0.478 e. The number of aromatic carboxylic acids is 1. The quantitative estimate of drug-likeness (QED) is 0.360. The van der Waals surface area contributed by atoms with E-state index in [9.17, 15) is 19.5 Å². The topological polar surface area (TPSA) is 119 Å². The summed E-state index contributed by atoms with van der Waals surface area (Å²) in [5.74, 6) is 0.140. The van der Waals surface area contributed by atoms with E-state index >= 15 is 0 Å². The van der Waals surface area contributed by atoms with Gasteiger partial charge < -0.3 is 25.2 Å². The second kappa shape index (κ2) is 13.4. The Bertz CT molecular complexity index is 1240. The molecule has 2 saturated heterocycles. The van der Waals surface area contributed by atoms with Gasteiger partial charge in [-0.2, -0.15) is 0 Å². The van der Waals surface area contributed by atoms with Crippen molar-refractivity contribution in [3.05, 3.63) is 59.7 Å². The van der Waals surface area contributed by atoms with E-state index in [1.807, 2.05) is 29.2 Å². The Balaban J connectivity index is 0.00000405. The van der Waals surface area contributed by atoms with E-state index in [4.69, 9.17) is 9.84 Å². The number of ether oxygens (including phenoxy) is 1. The number of rotatable bonds is 10. The lowest BCUT2D eigenvalue weighted by atomic mass is 9.80. The van der Waals surface area contributed by atoms with Gasteiger partial charge in [-0.15, -0.1) is 12.4 Å². The SMILES string of the molecule is CCCCN1C(=O)[C@@H](CC2(O)CCCC2)NC(=O)C12CCN(Cc1ccc(Oc3ccc(C(=O)O)cc3)cc1)CC2.Cl. The standard InChI is InChI=1S/C32H41N3O6.ClH/c1-2-3-18-35-28(36)27(21-31(40)14-4-5-15-31)33-30(39)32(35)16-19-34(20-17-32)22-23-6-10-25(11-7-23)41-26-12-8-24(9-13-26)29(37)38;/h6-13,27,40H,2-5,14-22H2,1H3,(H,33,39)(H,37,38);1H/t27-;/m1./s1. The number of amides is 2. The van der Waals surface area contributed by atoms with Crippen molar-refractivity contribution in [1.29, 1.82) is 0 Å². The van der Waals surface area contributed by atoms with Crippen LogP contribution in [0.1, 0.15) is 80.6 Å². The van der Waals surface area contributed by atoms with Crippen LogP contribution in [0, 0.1) is 0 Å². The van der Waals surface area contributed by atoms with Crippen LogP contribution in [0.5, 0.6) is 11.5 Å². The van der Waals surface area contributed by atoms with E-state index in [0.717, 1.165) is 37.8 Å². The molecule has 9 nitrogen and oxygen atoms in total. The number of carbonyl (C=O) groups excluding carboxylic acids is 2. The van der Waals surface area contributed by atoms with E-state index in [1.165, 1.54) is 12.1 Å². The van der Waals surface area contributed by atoms with Gasteiger partial charge in [-0.3, -0.25) is 14.5 Å². The number of nitrogens with zero attached hydrogens (tertiary/aromatic N) is 2. The number of carboxylic acids is 1. The van der Waals surface area contributed by atoms with Crippen LogP contribution in [0.2, 0.25) is 0 Å². The largest absolute Gasteiger partial charge is 0.478 e. The fourth-order valence-electron chi connectivity index (χ4n) is 6.57. The second-order valence-electron chi connectivity index (χ2n) is 11.9. The van der Waals surface area contributed by atoms with Crippen molar-refractivity contribution in [3.63, 3.8) is 0 Å². The second-order valence-corrected chi connectivity index (χ2v) is 11.9. The predicted octanol–water partition coefficient (Wildman–Crippen LogP) is 4.76. The lowest BCUT2D eigenvalue weighted by Crippen LogP contribution is -2.73. The van der Waals surface area contributed by atoms with Gasteiger partial charge in [-0.25, -0.2) is 4.79 Å². The predicted molar refractivity (Wildman–Crippen MR) is 161 cm³/mol. The third-order valence-corrected chi connectivity index (χ3v) is 9.01. The molecule has 1 spiro atoms. The van der Waals surface area contributed by atoms with E-state index in [-0.39, 0.29) is 29.8 Å². The molecule has 0 unspecified atom stereocenters. The molecule has 3 fully saturated rings. The maximum absolute atomic E-state index is 13.7. The molecule has 3 N–H and O–H groups in total. The minimum absolute atomic E-state index is 0. The molecule has 1 saturated carbocycles. The molecular formula is C32H42ClN3O6. The van der Waals surface area contributed by atoms with Crippen molar-refractivity contribution in [2.45, 2.75) is 88.4 Å². The van der Waals surface area contributed by atoms with E-state index < -0.39 is 23.2 Å². The molecule has 10 heteroatoms. The van der Waals surface area contributed by atoms with Gasteiger partial charge >= 0.3 is 5.97 Å². The number of nitrogens with one attached hydrogen (secondary N) is 1. The first-order chi connectivity index (χ1) is 19.7. The molecule has 0 aromatic heterocycles. The molecule has 2 aromatic carbocycles. The van der Waals surface area contributed by atoms with Gasteiger partial charge in [-0.05, 0) is 74.1 Å². The highest BCUT2D eigenvalue weighted by molar-refractivity contribution is 6.00. The highest BCUT2D eigenvalue weighted by Crippen LogP contribution is 2.38. The van der Waals surface area contributed by atoms with Gasteiger partial charge in [0.05, 0.1) is 11.2 Å². The Morgan fingerprint density at radius 2 is 1.57 bits per heavy atom. The summed E-state index contributed by atoms with van der Waals surface area (Å²) in [4.78, 5) is 42.6. The molecule has 5 rings (SSSR count). The van der Waals surface area contributed by atoms with E-state index in [2.05, 4.69) is 17.1 Å². The number of aliphatic hydroxyl groups is 1. The Hall–Kier alpha value is -3.14. The van der Waals surface area contributed by atoms with Crippen LogP contribution in [0.25, 0.3) is 0 Å². The lowest BCUT2D eigenvalue weighted by Gasteiger charge is -2.52. The zero-order chi connectivity index (χ0) is 29.0. The first kappa shape index (κ1) is 31.8. The average molecular weight is 600 g/mol. The van der Waals surface area contributed by atoms with Gasteiger partial charge in [0.1, 0.15) is 23.1 Å². The van der Waals surface area contributed by atoms with Crippen molar-refractivity contribution in [1.82, 2.24) is 15.1 Å². The maximum atomic E-state index is 13.7. The summed E-state index contributed by atoms with van der Waals surface area (Å²) in [7, 11) is 0. The first-order valence-electron chi connectivity index (χ1n) is 14.9. The first-order valence-corrected chi connectivity index (χ1v) is 14.9. The number of hydrogen-bond acceptors (Lipinski definition) is 6. The van der Waals surface area contributed by atoms with Crippen molar-refractivity contribution >= 4 is 30.2 Å². The summed E-state index contributed by atoms with van der Waals surface area (Å²) in [5.41, 5.74) is -0.358. The number of piperidine rings is 1. The molecular weight excluding hydrogens is 558 g/mol. The van der Waals surface area contributed by atoms with E-state index in [1.54, 1.807) is 12.1 Å². The van der Waals surface area contributed by atoms with Gasteiger partial charge in [0, 0.05) is 32.6 Å². The molecule has 2 aliphatic heterocycles. The highest BCUT2D eigenvalue weighted by atomic mass is 35.5. The monoisotopic (exact) mass is 599 g/mol. The van der Waals surface area contributed by atoms with Crippen molar-refractivity contribution < 1.29 is 29.3 Å². The van der Waals surface area contributed by atoms with Crippen molar-refractivity contribution in [3.8, 4) is 11.5 Å². The fourth-order valence-corrected chi connectivity index (χ4v) is 6.57. The molecule has 228 valence electrons. The summed E-state index contributed by atoms with van der Waals surface area (Å²) < 4.78 is 5.85. The Morgan fingerprint density at radius 1 is 0.976 bits per heavy atom. The van der Waals surface area contributed by atoms with Gasteiger partial charge in [0.25, 0.3) is 0 Å². The highest BCUT2D eigenvalue weighted by Gasteiger charge is 2.54. The number of halogens is 1. The van der Waals surface area contributed by atoms with Crippen LogP contribution < -0.4 is 10.1 Å². The summed E-state index contributed by atoms with van der Waals surface area (Å²) in [6.07, 6.45) is 6.55. The summed E-state index contributed by atoms with van der Waals surface area (Å²) in [5, 5.41) is 23.0. The third-order valence-electron chi connectivity index (χ3n) is 9.01. The number of piperazine rings is 1. The van der Waals surface area contributed by atoms with Gasteiger partial charge in [0.2, 0.25) is 11.8 Å². The van der Waals surface area contributed by atoms with Crippen molar-refractivity contribution in [2.75, 3.05) is 19.6 Å². The van der Waals surface area contributed by atoms with Crippen LogP contribution in [-0.4, -0.2) is 74.6 Å². The van der Waals surface area contributed by atoms with Crippen LogP contribution in [0.4, 0.5) is 0 Å². The Morgan fingerprint density at radius 3 is 2.14 bits per heavy atom. The lowest BCUT2D eigenvalue weighted by molar-refractivity contribution is -0.163. The third kappa shape index (κ3) is 6.90. The van der Waals surface area contributed by atoms with Gasteiger partial charge in [0.15, 0.2) is 0 Å². The number of likely N-dealkylation sites (tertiary alicyclic amines) is 1. The maximum Gasteiger partial charge on any atom is 0.335 e.